The number of hydrogen-bond acceptors (Lipinski definition) is 8. The topological polar surface area (TPSA) is 143 Å². The van der Waals surface area contributed by atoms with E-state index in [-0.39, 0.29) is 29.2 Å². The molecular weight excluding hydrogens is 422 g/mol. The van der Waals surface area contributed by atoms with Crippen LogP contribution in [0, 0.1) is 11.8 Å². The van der Waals surface area contributed by atoms with Crippen LogP contribution in [0.4, 0.5) is 26.1 Å². The van der Waals surface area contributed by atoms with Crippen LogP contribution >= 0.6 is 0 Å². The maximum Gasteiger partial charge on any atom is 0.341 e. The van der Waals surface area contributed by atoms with Crippen molar-refractivity contribution in [3.8, 4) is 0 Å². The van der Waals surface area contributed by atoms with E-state index in [0.717, 1.165) is 24.4 Å². The average molecular weight is 443 g/mol. The summed E-state index contributed by atoms with van der Waals surface area (Å²) in [7, 11) is -5.08. The van der Waals surface area contributed by atoms with E-state index >= 15 is 0 Å². The SMILES string of the molecule is [2H]C([2H])([2H])NC(=O)c1nnc(NC(=O)[C@H]2C[C@@H]2C)cc1Nc1ncccc1S(=O)(=O)C(F)F. The van der Waals surface area contributed by atoms with E-state index in [1.165, 1.54) is 0 Å². The molecule has 1 aliphatic rings. The fraction of sp³-hybridized carbons (Fsp3) is 0.353. The second-order valence-corrected chi connectivity index (χ2v) is 8.42. The maximum atomic E-state index is 13.1. The number of amides is 2. The lowest BCUT2D eigenvalue weighted by molar-refractivity contribution is -0.117. The van der Waals surface area contributed by atoms with Crippen molar-refractivity contribution in [3.05, 3.63) is 30.1 Å². The quantitative estimate of drug-likeness (QED) is 0.585. The number of aromatic nitrogens is 3. The third-order valence-corrected chi connectivity index (χ3v) is 5.80. The second-order valence-electron chi connectivity index (χ2n) is 6.54. The molecule has 0 spiro atoms. The first-order valence-electron chi connectivity index (χ1n) is 10.0. The van der Waals surface area contributed by atoms with Gasteiger partial charge in [-0.1, -0.05) is 6.92 Å². The van der Waals surface area contributed by atoms with Gasteiger partial charge in [0.25, 0.3) is 5.91 Å². The zero-order chi connectivity index (χ0) is 24.6. The van der Waals surface area contributed by atoms with Crippen LogP contribution in [0.25, 0.3) is 0 Å². The largest absolute Gasteiger partial charge is 0.354 e. The first-order chi connectivity index (χ1) is 15.3. The van der Waals surface area contributed by atoms with E-state index in [1.54, 1.807) is 5.32 Å². The molecule has 0 aliphatic heterocycles. The van der Waals surface area contributed by atoms with Crippen LogP contribution < -0.4 is 16.0 Å². The monoisotopic (exact) mass is 443 g/mol. The molecule has 1 saturated carbocycles. The van der Waals surface area contributed by atoms with E-state index in [1.807, 2.05) is 6.92 Å². The van der Waals surface area contributed by atoms with Crippen molar-refractivity contribution in [2.75, 3.05) is 17.6 Å². The molecule has 1 fully saturated rings. The molecule has 2 amide bonds. The van der Waals surface area contributed by atoms with E-state index < -0.39 is 44.9 Å². The van der Waals surface area contributed by atoms with Gasteiger partial charge in [0.05, 0.1) is 5.69 Å². The molecule has 2 atom stereocenters. The lowest BCUT2D eigenvalue weighted by Crippen LogP contribution is -2.23. The lowest BCUT2D eigenvalue weighted by Gasteiger charge is -2.14. The summed E-state index contributed by atoms with van der Waals surface area (Å²) in [5, 5.41) is 13.9. The van der Waals surface area contributed by atoms with Gasteiger partial charge in [-0.2, -0.15) is 8.78 Å². The molecule has 10 nitrogen and oxygen atoms in total. The van der Waals surface area contributed by atoms with Gasteiger partial charge >= 0.3 is 5.76 Å². The molecule has 0 aromatic carbocycles. The number of alkyl halides is 2. The highest BCUT2D eigenvalue weighted by atomic mass is 32.2. The van der Waals surface area contributed by atoms with Crippen LogP contribution in [0.1, 0.15) is 27.9 Å². The minimum atomic E-state index is -5.08. The number of sulfone groups is 1. The van der Waals surface area contributed by atoms with E-state index in [2.05, 4.69) is 25.8 Å². The molecule has 13 heteroatoms. The molecular formula is C17H18F2N6O4S. The average Bonchev–Trinajstić information content (AvgIpc) is 3.44. The molecule has 160 valence electrons. The molecule has 0 saturated heterocycles. The van der Waals surface area contributed by atoms with Crippen molar-refractivity contribution < 1.29 is 30.9 Å². The number of anilines is 3. The van der Waals surface area contributed by atoms with Crippen molar-refractivity contribution in [3.63, 3.8) is 0 Å². The molecule has 30 heavy (non-hydrogen) atoms. The first-order valence-corrected chi connectivity index (χ1v) is 10.1. The van der Waals surface area contributed by atoms with Crippen molar-refractivity contribution in [1.29, 1.82) is 0 Å². The van der Waals surface area contributed by atoms with Gasteiger partial charge in [-0.05, 0) is 24.5 Å². The van der Waals surface area contributed by atoms with Crippen molar-refractivity contribution in [2.45, 2.75) is 24.0 Å². The molecule has 3 rings (SSSR count). The summed E-state index contributed by atoms with van der Waals surface area (Å²) in [6.45, 7) is -1.02. The number of carbonyl (C=O) groups excluding carboxylic acids is 2. The Kier molecular flexibility index (Phi) is 4.85. The summed E-state index contributed by atoms with van der Waals surface area (Å²) < 4.78 is 71.7. The number of hydrogen-bond donors (Lipinski definition) is 3. The standard InChI is InChI=1S/C17H18F2N6O4S/c1-8-6-9(8)15(26)23-12-7-10(13(25-24-12)16(27)20-2)22-14-11(4-3-5-21-14)30(28,29)17(18)19/h3-5,7-9,17H,6H2,1-2H3,(H,20,27)(H2,21,22,23,24,26)/t8-,9-/m0/s1/i2D3. The fourth-order valence-corrected chi connectivity index (χ4v) is 3.45. The Morgan fingerprint density at radius 3 is 2.70 bits per heavy atom. The van der Waals surface area contributed by atoms with E-state index in [0.29, 0.717) is 6.42 Å². The molecule has 2 heterocycles. The minimum absolute atomic E-state index is 0.138. The van der Waals surface area contributed by atoms with E-state index in [4.69, 9.17) is 4.11 Å². The summed E-state index contributed by atoms with van der Waals surface area (Å²) in [6, 6.07) is 3.08. The van der Waals surface area contributed by atoms with Gasteiger partial charge in [-0.3, -0.25) is 9.59 Å². The van der Waals surface area contributed by atoms with Crippen LogP contribution in [-0.4, -0.2) is 48.1 Å². The normalized spacial score (nSPS) is 19.9. The zero-order valence-electron chi connectivity index (χ0n) is 18.4. The third kappa shape index (κ3) is 4.35. The fourth-order valence-electron chi connectivity index (χ4n) is 2.62. The van der Waals surface area contributed by atoms with Gasteiger partial charge in [-0.15, -0.1) is 10.2 Å². The van der Waals surface area contributed by atoms with Gasteiger partial charge in [0, 0.05) is 29.3 Å². The Labute approximate surface area is 174 Å². The van der Waals surface area contributed by atoms with Gasteiger partial charge in [-0.25, -0.2) is 13.4 Å². The predicted octanol–water partition coefficient (Wildman–Crippen LogP) is 1.57. The van der Waals surface area contributed by atoms with Crippen LogP contribution in [0.5, 0.6) is 0 Å². The molecule has 2 aromatic heterocycles. The maximum absolute atomic E-state index is 13.1. The summed E-state index contributed by atoms with van der Waals surface area (Å²) in [5.41, 5.74) is -0.926. The second kappa shape index (κ2) is 8.26. The van der Waals surface area contributed by atoms with Crippen molar-refractivity contribution in [2.24, 2.45) is 11.8 Å². The lowest BCUT2D eigenvalue weighted by atomic mass is 10.2. The van der Waals surface area contributed by atoms with E-state index in [9.17, 15) is 26.8 Å². The van der Waals surface area contributed by atoms with Crippen LogP contribution in [0.15, 0.2) is 29.3 Å². The highest BCUT2D eigenvalue weighted by Crippen LogP contribution is 2.38. The predicted molar refractivity (Wildman–Crippen MR) is 102 cm³/mol. The van der Waals surface area contributed by atoms with Crippen molar-refractivity contribution >= 4 is 39.0 Å². The smallest absolute Gasteiger partial charge is 0.341 e. The Morgan fingerprint density at radius 1 is 1.33 bits per heavy atom. The van der Waals surface area contributed by atoms with Crippen LogP contribution in [0.2, 0.25) is 0 Å². The van der Waals surface area contributed by atoms with Gasteiger partial charge in [0.15, 0.2) is 11.5 Å². The van der Waals surface area contributed by atoms with Gasteiger partial charge in [0.2, 0.25) is 15.7 Å². The molecule has 1 aliphatic carbocycles. The van der Waals surface area contributed by atoms with Crippen molar-refractivity contribution in [1.82, 2.24) is 20.5 Å². The Balaban J connectivity index is 2.02. The van der Waals surface area contributed by atoms with Crippen LogP contribution in [0.3, 0.4) is 0 Å². The molecule has 0 radical (unpaired) electrons. The van der Waals surface area contributed by atoms with Gasteiger partial charge in [0.1, 0.15) is 10.7 Å². The number of nitrogens with one attached hydrogen (secondary N) is 3. The number of halogens is 2. The zero-order valence-corrected chi connectivity index (χ0v) is 16.2. The Bertz CT molecular complexity index is 1200. The Morgan fingerprint density at radius 2 is 2.07 bits per heavy atom. The summed E-state index contributed by atoms with van der Waals surface area (Å²) in [4.78, 5) is 27.5. The van der Waals surface area contributed by atoms with Crippen LogP contribution in [-0.2, 0) is 14.6 Å². The molecule has 0 bridgehead atoms. The molecule has 3 N–H and O–H groups in total. The summed E-state index contributed by atoms with van der Waals surface area (Å²) in [6.07, 6.45) is 1.78. The number of rotatable bonds is 7. The minimum Gasteiger partial charge on any atom is -0.354 e. The molecule has 0 unspecified atom stereocenters. The number of pyridine rings is 1. The highest BCUT2D eigenvalue weighted by Gasteiger charge is 2.39. The summed E-state index contributed by atoms with van der Waals surface area (Å²) in [5.74, 6) is -6.08. The highest BCUT2D eigenvalue weighted by molar-refractivity contribution is 7.91. The third-order valence-electron chi connectivity index (χ3n) is 4.38. The summed E-state index contributed by atoms with van der Waals surface area (Å²) >= 11 is 0. The Hall–Kier alpha value is -3.22. The number of nitrogens with zero attached hydrogens (tertiary/aromatic N) is 3. The first kappa shape index (κ1) is 17.6. The number of carbonyl (C=O) groups is 2. The van der Waals surface area contributed by atoms with Gasteiger partial charge < -0.3 is 16.0 Å². The molecule has 2 aromatic rings.